The topological polar surface area (TPSA) is 57.6 Å². The predicted molar refractivity (Wildman–Crippen MR) is 96.5 cm³/mol. The van der Waals surface area contributed by atoms with Gasteiger partial charge in [-0.3, -0.25) is 9.59 Å². The molecule has 0 bridgehead atoms. The van der Waals surface area contributed by atoms with Crippen LogP contribution in [0.15, 0.2) is 48.5 Å². The van der Waals surface area contributed by atoms with E-state index >= 15 is 0 Å². The molecule has 1 saturated heterocycles. The highest BCUT2D eigenvalue weighted by Crippen LogP contribution is 2.24. The average Bonchev–Trinajstić information content (AvgIpc) is 3.10. The van der Waals surface area contributed by atoms with Crippen LogP contribution in [-0.4, -0.2) is 34.8 Å². The van der Waals surface area contributed by atoms with Crippen LogP contribution in [0.4, 0.5) is 0 Å². The van der Waals surface area contributed by atoms with Gasteiger partial charge < -0.3 is 10.0 Å². The Hall–Kier alpha value is -2.46. The molecule has 2 aromatic rings. The minimum absolute atomic E-state index is 0.0519. The average molecular weight is 337 g/mol. The Morgan fingerprint density at radius 3 is 2.32 bits per heavy atom. The summed E-state index contributed by atoms with van der Waals surface area (Å²) < 4.78 is 0. The number of benzene rings is 2. The van der Waals surface area contributed by atoms with Crippen molar-refractivity contribution in [1.82, 2.24) is 4.90 Å². The van der Waals surface area contributed by atoms with Gasteiger partial charge in [-0.25, -0.2) is 0 Å². The summed E-state index contributed by atoms with van der Waals surface area (Å²) in [5.41, 5.74) is 3.13. The molecule has 1 heterocycles. The maximum atomic E-state index is 12.8. The lowest BCUT2D eigenvalue weighted by Gasteiger charge is -2.18. The molecule has 1 aliphatic rings. The summed E-state index contributed by atoms with van der Waals surface area (Å²) in [4.78, 5) is 26.4. The SMILES string of the molecule is CC(=O)c1ccccc1C(=O)N1CC[C@H](Cc2ccc(CO)cc2)C1. The van der Waals surface area contributed by atoms with Gasteiger partial charge in [0.2, 0.25) is 0 Å². The number of hydrogen-bond acceptors (Lipinski definition) is 3. The van der Waals surface area contributed by atoms with Gasteiger partial charge in [0, 0.05) is 18.7 Å². The van der Waals surface area contributed by atoms with Gasteiger partial charge >= 0.3 is 0 Å². The molecule has 0 saturated carbocycles. The second-order valence-corrected chi connectivity index (χ2v) is 6.69. The van der Waals surface area contributed by atoms with Crippen LogP contribution in [0.3, 0.4) is 0 Å². The molecule has 1 fully saturated rings. The first-order valence-corrected chi connectivity index (χ1v) is 8.66. The lowest BCUT2D eigenvalue weighted by Crippen LogP contribution is -2.30. The third-order valence-electron chi connectivity index (χ3n) is 4.84. The molecular weight excluding hydrogens is 314 g/mol. The van der Waals surface area contributed by atoms with Crippen molar-refractivity contribution in [3.8, 4) is 0 Å². The van der Waals surface area contributed by atoms with Crippen LogP contribution in [0.1, 0.15) is 45.2 Å². The van der Waals surface area contributed by atoms with Crippen molar-refractivity contribution in [3.63, 3.8) is 0 Å². The monoisotopic (exact) mass is 337 g/mol. The standard InChI is InChI=1S/C21H23NO3/c1-15(24)19-4-2-3-5-20(19)21(25)22-11-10-18(13-22)12-16-6-8-17(14-23)9-7-16/h2-9,18,23H,10-14H2,1H3/t18-/m1/s1. The first kappa shape index (κ1) is 17.4. The molecule has 25 heavy (non-hydrogen) atoms. The van der Waals surface area contributed by atoms with E-state index in [0.717, 1.165) is 24.9 Å². The zero-order valence-electron chi connectivity index (χ0n) is 14.4. The van der Waals surface area contributed by atoms with Gasteiger partial charge in [0.25, 0.3) is 5.91 Å². The normalized spacial score (nSPS) is 16.9. The van der Waals surface area contributed by atoms with Crippen LogP contribution in [0, 0.1) is 5.92 Å². The maximum Gasteiger partial charge on any atom is 0.254 e. The maximum absolute atomic E-state index is 12.8. The van der Waals surface area contributed by atoms with Gasteiger partial charge in [0.05, 0.1) is 12.2 Å². The molecule has 1 aliphatic heterocycles. The number of carbonyl (C=O) groups excluding carboxylic acids is 2. The second-order valence-electron chi connectivity index (χ2n) is 6.69. The smallest absolute Gasteiger partial charge is 0.254 e. The molecule has 130 valence electrons. The molecule has 0 radical (unpaired) electrons. The summed E-state index contributed by atoms with van der Waals surface area (Å²) in [6.45, 7) is 2.99. The minimum atomic E-state index is -0.0799. The molecule has 3 rings (SSSR count). The Morgan fingerprint density at radius 1 is 1.04 bits per heavy atom. The molecular formula is C21H23NO3. The van der Waals surface area contributed by atoms with Crippen molar-refractivity contribution in [2.75, 3.05) is 13.1 Å². The molecule has 1 amide bonds. The van der Waals surface area contributed by atoms with E-state index in [2.05, 4.69) is 0 Å². The third-order valence-corrected chi connectivity index (χ3v) is 4.84. The fourth-order valence-corrected chi connectivity index (χ4v) is 3.44. The molecule has 4 nitrogen and oxygen atoms in total. The van der Waals surface area contributed by atoms with Gasteiger partial charge in [-0.2, -0.15) is 0 Å². The van der Waals surface area contributed by atoms with Crippen molar-refractivity contribution in [1.29, 1.82) is 0 Å². The van der Waals surface area contributed by atoms with Crippen LogP contribution in [-0.2, 0) is 13.0 Å². The Labute approximate surface area is 148 Å². The van der Waals surface area contributed by atoms with E-state index in [9.17, 15) is 9.59 Å². The molecule has 0 aliphatic carbocycles. The van der Waals surface area contributed by atoms with Crippen molar-refractivity contribution in [3.05, 3.63) is 70.8 Å². The van der Waals surface area contributed by atoms with Crippen molar-refractivity contribution in [2.45, 2.75) is 26.4 Å². The highest BCUT2D eigenvalue weighted by molar-refractivity contribution is 6.07. The Bertz CT molecular complexity index is 767. The first-order valence-electron chi connectivity index (χ1n) is 8.66. The number of amides is 1. The summed E-state index contributed by atoms with van der Waals surface area (Å²) in [5, 5.41) is 9.11. The van der Waals surface area contributed by atoms with Gasteiger partial charge in [0.15, 0.2) is 5.78 Å². The molecule has 2 aromatic carbocycles. The number of Topliss-reactive ketones (excluding diaryl/α,β-unsaturated/α-hetero) is 1. The van der Waals surface area contributed by atoms with E-state index in [1.165, 1.54) is 12.5 Å². The first-order chi connectivity index (χ1) is 12.1. The number of aliphatic hydroxyl groups is 1. The second kappa shape index (κ2) is 7.62. The van der Waals surface area contributed by atoms with Gasteiger partial charge in [-0.05, 0) is 42.9 Å². The van der Waals surface area contributed by atoms with Crippen LogP contribution in [0.25, 0.3) is 0 Å². The Balaban J connectivity index is 1.66. The zero-order chi connectivity index (χ0) is 17.8. The minimum Gasteiger partial charge on any atom is -0.392 e. The summed E-state index contributed by atoms with van der Waals surface area (Å²) >= 11 is 0. The Morgan fingerprint density at radius 2 is 1.68 bits per heavy atom. The van der Waals surface area contributed by atoms with Crippen LogP contribution >= 0.6 is 0 Å². The number of nitrogens with zero attached hydrogens (tertiary/aromatic N) is 1. The number of ketones is 1. The molecule has 0 aromatic heterocycles. The Kier molecular flexibility index (Phi) is 5.29. The summed E-state index contributed by atoms with van der Waals surface area (Å²) in [6, 6.07) is 15.0. The third kappa shape index (κ3) is 3.97. The van der Waals surface area contributed by atoms with E-state index in [4.69, 9.17) is 5.11 Å². The van der Waals surface area contributed by atoms with Crippen molar-refractivity contribution < 1.29 is 14.7 Å². The van der Waals surface area contributed by atoms with Crippen LogP contribution in [0.2, 0.25) is 0 Å². The number of likely N-dealkylation sites (tertiary alicyclic amines) is 1. The summed E-state index contributed by atoms with van der Waals surface area (Å²) in [5.74, 6) is 0.293. The highest BCUT2D eigenvalue weighted by atomic mass is 16.3. The molecule has 0 unspecified atom stereocenters. The number of carbonyl (C=O) groups is 2. The molecule has 1 N–H and O–H groups in total. The van der Waals surface area contributed by atoms with Gasteiger partial charge in [-0.1, -0.05) is 42.5 Å². The van der Waals surface area contributed by atoms with Gasteiger partial charge in [0.1, 0.15) is 0 Å². The molecule has 0 spiro atoms. The molecule has 4 heteroatoms. The number of rotatable bonds is 5. The highest BCUT2D eigenvalue weighted by Gasteiger charge is 2.28. The predicted octanol–water partition coefficient (Wildman–Crippen LogP) is 3.09. The number of aliphatic hydroxyl groups excluding tert-OH is 1. The van der Waals surface area contributed by atoms with Crippen LogP contribution < -0.4 is 0 Å². The largest absolute Gasteiger partial charge is 0.392 e. The van der Waals surface area contributed by atoms with E-state index < -0.39 is 0 Å². The van der Waals surface area contributed by atoms with E-state index in [1.807, 2.05) is 29.2 Å². The zero-order valence-corrected chi connectivity index (χ0v) is 14.4. The summed E-state index contributed by atoms with van der Waals surface area (Å²) in [6.07, 6.45) is 1.89. The van der Waals surface area contributed by atoms with E-state index in [0.29, 0.717) is 23.6 Å². The van der Waals surface area contributed by atoms with E-state index in [1.54, 1.807) is 24.3 Å². The summed E-state index contributed by atoms with van der Waals surface area (Å²) in [7, 11) is 0. The van der Waals surface area contributed by atoms with Gasteiger partial charge in [-0.15, -0.1) is 0 Å². The van der Waals surface area contributed by atoms with Crippen molar-refractivity contribution >= 4 is 11.7 Å². The van der Waals surface area contributed by atoms with E-state index in [-0.39, 0.29) is 18.3 Å². The van der Waals surface area contributed by atoms with Crippen LogP contribution in [0.5, 0.6) is 0 Å². The fourth-order valence-electron chi connectivity index (χ4n) is 3.44. The van der Waals surface area contributed by atoms with Crippen molar-refractivity contribution in [2.24, 2.45) is 5.92 Å². The number of hydrogen-bond donors (Lipinski definition) is 1. The fraction of sp³-hybridized carbons (Fsp3) is 0.333. The lowest BCUT2D eigenvalue weighted by atomic mass is 9.98. The molecule has 1 atom stereocenters. The lowest BCUT2D eigenvalue weighted by molar-refractivity contribution is 0.0781. The quantitative estimate of drug-likeness (QED) is 0.853.